The predicted molar refractivity (Wildman–Crippen MR) is 86.4 cm³/mol. The molecule has 1 atom stereocenters. The van der Waals surface area contributed by atoms with E-state index in [0.717, 1.165) is 31.7 Å². The zero-order valence-electron chi connectivity index (χ0n) is 11.3. The van der Waals surface area contributed by atoms with Crippen LogP contribution in [0.15, 0.2) is 0 Å². The third-order valence-corrected chi connectivity index (χ3v) is 6.32. The summed E-state index contributed by atoms with van der Waals surface area (Å²) in [7, 11) is 0. The van der Waals surface area contributed by atoms with Crippen LogP contribution in [0.25, 0.3) is 0 Å². The lowest BCUT2D eigenvalue weighted by Gasteiger charge is -2.40. The van der Waals surface area contributed by atoms with Crippen LogP contribution in [0.5, 0.6) is 0 Å². The van der Waals surface area contributed by atoms with E-state index in [4.69, 9.17) is 18.0 Å². The second kappa shape index (κ2) is 7.01. The van der Waals surface area contributed by atoms with Crippen LogP contribution in [0.3, 0.4) is 0 Å². The van der Waals surface area contributed by atoms with Gasteiger partial charge in [0, 0.05) is 24.8 Å². The first kappa shape index (κ1) is 16.1. The van der Waals surface area contributed by atoms with Crippen molar-refractivity contribution >= 4 is 46.6 Å². The molecule has 1 rings (SSSR count). The van der Waals surface area contributed by atoms with Gasteiger partial charge in [0.2, 0.25) is 5.91 Å². The molecule has 0 radical (unpaired) electrons. The van der Waals surface area contributed by atoms with Crippen LogP contribution < -0.4 is 5.73 Å². The Bertz CT molecular complexity index is 314. The van der Waals surface area contributed by atoms with Gasteiger partial charge in [0.25, 0.3) is 0 Å². The number of nitrogens with two attached hydrogens (primary N) is 1. The van der Waals surface area contributed by atoms with Gasteiger partial charge in [0.15, 0.2) is 0 Å². The molecular weight excluding hydrogens is 284 g/mol. The van der Waals surface area contributed by atoms with Crippen molar-refractivity contribution in [2.75, 3.05) is 31.4 Å². The molecule has 0 bridgehead atoms. The van der Waals surface area contributed by atoms with Gasteiger partial charge >= 0.3 is 0 Å². The van der Waals surface area contributed by atoms with Crippen molar-refractivity contribution in [3.63, 3.8) is 0 Å². The van der Waals surface area contributed by atoms with E-state index in [-0.39, 0.29) is 16.6 Å². The maximum Gasteiger partial charge on any atom is 0.226 e. The molecule has 1 saturated heterocycles. The smallest absolute Gasteiger partial charge is 0.226 e. The van der Waals surface area contributed by atoms with E-state index in [0.29, 0.717) is 4.99 Å². The lowest BCUT2D eigenvalue weighted by Crippen LogP contribution is -2.51. The highest BCUT2D eigenvalue weighted by Gasteiger charge is 2.38. The average molecular weight is 307 g/mol. The largest absolute Gasteiger partial charge is 0.392 e. The fraction of sp³-hybridized carbons (Fsp3) is 0.833. The van der Waals surface area contributed by atoms with E-state index in [1.165, 1.54) is 0 Å². The number of nitrogens with zero attached hydrogens (tertiary/aromatic N) is 1. The highest BCUT2D eigenvalue weighted by Crippen LogP contribution is 2.35. The lowest BCUT2D eigenvalue weighted by molar-refractivity contribution is -0.135. The summed E-state index contributed by atoms with van der Waals surface area (Å²) in [4.78, 5) is 14.7. The number of rotatable bonds is 5. The van der Waals surface area contributed by atoms with Gasteiger partial charge in [-0.2, -0.15) is 23.5 Å². The summed E-state index contributed by atoms with van der Waals surface area (Å²) in [5, 5.41) is 0. The molecule has 1 aliphatic heterocycles. The number of carbonyl (C=O) groups excluding carboxylic acids is 1. The molecule has 1 fully saturated rings. The maximum absolute atomic E-state index is 12.2. The average Bonchev–Trinajstić information content (AvgIpc) is 2.38. The van der Waals surface area contributed by atoms with Gasteiger partial charge < -0.3 is 10.6 Å². The highest BCUT2D eigenvalue weighted by atomic mass is 32.2. The van der Waals surface area contributed by atoms with E-state index in [2.05, 4.69) is 0 Å². The van der Waals surface area contributed by atoms with Crippen molar-refractivity contribution in [2.45, 2.75) is 24.5 Å². The number of thioether (sulfide) groups is 2. The standard InChI is InChI=1S/C12H22N2OS3/c1-9(8-17-2)10(15)14-6-4-12(18-3,5-7-14)11(13)16/h9H,4-8H2,1-3H3,(H2,13,16). The van der Waals surface area contributed by atoms with Crippen molar-refractivity contribution < 1.29 is 4.79 Å². The first-order chi connectivity index (χ1) is 8.46. The first-order valence-electron chi connectivity index (χ1n) is 6.09. The molecule has 1 unspecified atom stereocenters. The molecule has 0 aromatic heterocycles. The molecule has 18 heavy (non-hydrogen) atoms. The Morgan fingerprint density at radius 1 is 1.44 bits per heavy atom. The summed E-state index contributed by atoms with van der Waals surface area (Å²) in [5.74, 6) is 1.26. The van der Waals surface area contributed by atoms with Crippen LogP contribution in [0.2, 0.25) is 0 Å². The van der Waals surface area contributed by atoms with Crippen molar-refractivity contribution in [2.24, 2.45) is 11.7 Å². The second-order valence-electron chi connectivity index (χ2n) is 4.74. The van der Waals surface area contributed by atoms with Gasteiger partial charge in [-0.15, -0.1) is 0 Å². The molecule has 1 aliphatic rings. The molecule has 0 spiro atoms. The molecule has 3 nitrogen and oxygen atoms in total. The van der Waals surface area contributed by atoms with Crippen molar-refractivity contribution in [3.8, 4) is 0 Å². The number of hydrogen-bond donors (Lipinski definition) is 1. The van der Waals surface area contributed by atoms with Crippen molar-refractivity contribution in [1.29, 1.82) is 0 Å². The monoisotopic (exact) mass is 306 g/mol. The van der Waals surface area contributed by atoms with E-state index in [1.54, 1.807) is 23.5 Å². The summed E-state index contributed by atoms with van der Waals surface area (Å²) in [6, 6.07) is 0. The quantitative estimate of drug-likeness (QED) is 0.787. The maximum atomic E-state index is 12.2. The van der Waals surface area contributed by atoms with Crippen molar-refractivity contribution in [1.82, 2.24) is 4.90 Å². The van der Waals surface area contributed by atoms with Crippen LogP contribution in [0.4, 0.5) is 0 Å². The minimum absolute atomic E-state index is 0.102. The molecule has 0 aliphatic carbocycles. The fourth-order valence-corrected chi connectivity index (χ4v) is 4.16. The Hall–Kier alpha value is 0.0600. The topological polar surface area (TPSA) is 46.3 Å². The molecule has 104 valence electrons. The molecule has 2 N–H and O–H groups in total. The molecule has 0 aromatic rings. The lowest BCUT2D eigenvalue weighted by atomic mass is 9.95. The van der Waals surface area contributed by atoms with Crippen LogP contribution >= 0.6 is 35.7 Å². The van der Waals surface area contributed by atoms with E-state index < -0.39 is 0 Å². The Morgan fingerprint density at radius 3 is 2.39 bits per heavy atom. The molecular formula is C12H22N2OS3. The third kappa shape index (κ3) is 3.54. The molecule has 1 amide bonds. The van der Waals surface area contributed by atoms with Crippen LogP contribution in [-0.2, 0) is 4.79 Å². The minimum atomic E-state index is -0.102. The number of likely N-dealkylation sites (tertiary alicyclic amines) is 1. The number of carbonyl (C=O) groups is 1. The van der Waals surface area contributed by atoms with E-state index >= 15 is 0 Å². The van der Waals surface area contributed by atoms with Gasteiger partial charge in [-0.1, -0.05) is 19.1 Å². The van der Waals surface area contributed by atoms with Crippen molar-refractivity contribution in [3.05, 3.63) is 0 Å². The van der Waals surface area contributed by atoms with E-state index in [1.807, 2.05) is 24.3 Å². The van der Waals surface area contributed by atoms with Crippen LogP contribution in [0, 0.1) is 5.92 Å². The molecule has 1 heterocycles. The molecule has 6 heteroatoms. The second-order valence-corrected chi connectivity index (χ2v) is 7.28. The van der Waals surface area contributed by atoms with Gasteiger partial charge in [0.1, 0.15) is 0 Å². The summed E-state index contributed by atoms with van der Waals surface area (Å²) < 4.78 is -0.102. The van der Waals surface area contributed by atoms with Gasteiger partial charge in [-0.05, 0) is 25.4 Å². The van der Waals surface area contributed by atoms with Gasteiger partial charge in [-0.3, -0.25) is 4.79 Å². The number of hydrogen-bond acceptors (Lipinski definition) is 4. The minimum Gasteiger partial charge on any atom is -0.392 e. The Labute approximate surface area is 124 Å². The number of amides is 1. The van der Waals surface area contributed by atoms with Crippen LogP contribution in [0.1, 0.15) is 19.8 Å². The number of thiocarbonyl (C=S) groups is 1. The van der Waals surface area contributed by atoms with Gasteiger partial charge in [-0.25, -0.2) is 0 Å². The zero-order valence-corrected chi connectivity index (χ0v) is 13.7. The summed E-state index contributed by atoms with van der Waals surface area (Å²) in [5.41, 5.74) is 5.85. The Morgan fingerprint density at radius 2 is 2.00 bits per heavy atom. The summed E-state index contributed by atoms with van der Waals surface area (Å²) in [6.07, 6.45) is 5.83. The predicted octanol–water partition coefficient (Wildman–Crippen LogP) is 2.00. The first-order valence-corrected chi connectivity index (χ1v) is 9.12. The SMILES string of the molecule is CSCC(C)C(=O)N1CCC(SC)(C(N)=S)CC1. The fourth-order valence-electron chi connectivity index (χ4n) is 2.27. The summed E-state index contributed by atoms with van der Waals surface area (Å²) in [6.45, 7) is 3.55. The summed E-state index contributed by atoms with van der Waals surface area (Å²) >= 11 is 8.62. The molecule has 0 aromatic carbocycles. The number of piperidine rings is 1. The Balaban J connectivity index is 2.58. The highest BCUT2D eigenvalue weighted by molar-refractivity contribution is 8.02. The Kier molecular flexibility index (Phi) is 6.27. The van der Waals surface area contributed by atoms with Gasteiger partial charge in [0.05, 0.1) is 9.74 Å². The molecule has 0 saturated carbocycles. The van der Waals surface area contributed by atoms with Crippen LogP contribution in [-0.4, -0.2) is 51.9 Å². The zero-order chi connectivity index (χ0) is 13.8. The van der Waals surface area contributed by atoms with E-state index in [9.17, 15) is 4.79 Å². The third-order valence-electron chi connectivity index (χ3n) is 3.56. The normalized spacial score (nSPS) is 20.5.